The Bertz CT molecular complexity index is 1300. The van der Waals surface area contributed by atoms with E-state index in [1.165, 1.54) is 44.1 Å². The van der Waals surface area contributed by atoms with Gasteiger partial charge in [0, 0.05) is 27.4 Å². The second kappa shape index (κ2) is 13.1. The van der Waals surface area contributed by atoms with Crippen molar-refractivity contribution in [2.24, 2.45) is 0 Å². The van der Waals surface area contributed by atoms with Gasteiger partial charge in [-0.05, 0) is 46.6 Å². The Hall–Kier alpha value is -2.62. The number of hydrogen-bond acceptors (Lipinski definition) is 3. The average Bonchev–Trinajstić information content (AvgIpc) is 2.98. The summed E-state index contributed by atoms with van der Waals surface area (Å²) in [5, 5.41) is 13.3. The van der Waals surface area contributed by atoms with Crippen molar-refractivity contribution in [2.75, 3.05) is 0 Å². The van der Waals surface area contributed by atoms with E-state index < -0.39 is 5.41 Å². The number of phenols is 1. The zero-order chi connectivity index (χ0) is 28.9. The normalized spacial score (nSPS) is 18.4. The van der Waals surface area contributed by atoms with E-state index in [2.05, 4.69) is 124 Å². The van der Waals surface area contributed by atoms with Crippen molar-refractivity contribution in [3.8, 4) is 5.75 Å². The van der Waals surface area contributed by atoms with Crippen molar-refractivity contribution in [3.63, 3.8) is 0 Å². The molecule has 1 aliphatic rings. The number of aromatic hydroxyl groups is 1. The van der Waals surface area contributed by atoms with Gasteiger partial charge >= 0.3 is 0 Å². The molecule has 3 heteroatoms. The van der Waals surface area contributed by atoms with Crippen molar-refractivity contribution in [1.82, 2.24) is 0 Å². The molecule has 0 heterocycles. The first-order chi connectivity index (χ1) is 19.8. The van der Waals surface area contributed by atoms with E-state index in [0.29, 0.717) is 16.2 Å². The van der Waals surface area contributed by atoms with E-state index in [0.717, 1.165) is 33.6 Å². The number of thioether (sulfide) groups is 1. The van der Waals surface area contributed by atoms with Gasteiger partial charge < -0.3 is 5.11 Å². The molecular formula is C38H44OS2. The van der Waals surface area contributed by atoms with Crippen LogP contribution in [0.1, 0.15) is 92.7 Å². The molecule has 214 valence electrons. The summed E-state index contributed by atoms with van der Waals surface area (Å²) >= 11 is 7.02. The van der Waals surface area contributed by atoms with Crippen molar-refractivity contribution >= 4 is 24.4 Å². The number of thiol groups is 1. The predicted octanol–water partition coefficient (Wildman–Crippen LogP) is 10.3. The smallest absolute Gasteiger partial charge is 0.124 e. The number of phenolic OH excluding ortho intramolecular Hbond substituents is 1. The molecule has 0 unspecified atom stereocenters. The van der Waals surface area contributed by atoms with Gasteiger partial charge in [-0.1, -0.05) is 144 Å². The monoisotopic (exact) mass is 580 g/mol. The highest BCUT2D eigenvalue weighted by atomic mass is 32.2. The number of hydrogen-bond donors (Lipinski definition) is 2. The number of benzene rings is 4. The zero-order valence-corrected chi connectivity index (χ0v) is 26.4. The van der Waals surface area contributed by atoms with Crippen LogP contribution in [0.2, 0.25) is 0 Å². The quantitative estimate of drug-likeness (QED) is 0.167. The second-order valence-corrected chi connectivity index (χ2v) is 14.4. The van der Waals surface area contributed by atoms with Crippen LogP contribution in [-0.2, 0) is 16.6 Å². The highest BCUT2D eigenvalue weighted by Gasteiger charge is 2.41. The van der Waals surface area contributed by atoms with Crippen LogP contribution in [0, 0.1) is 0 Å². The Labute approximate surface area is 257 Å². The summed E-state index contributed by atoms with van der Waals surface area (Å²) in [7, 11) is 0. The summed E-state index contributed by atoms with van der Waals surface area (Å²) in [6, 6.07) is 36.6. The van der Waals surface area contributed by atoms with Gasteiger partial charge in [-0.2, -0.15) is 24.4 Å². The topological polar surface area (TPSA) is 20.2 Å². The highest BCUT2D eigenvalue weighted by Crippen LogP contribution is 2.50. The SMILES string of the molecule is CC(C)(C)c1cc(CS[C@@H]2CCCCCC[C@H]2S)c(O)c(C(c2ccccc2)(c2ccccc2)c2ccccc2)c1. The minimum Gasteiger partial charge on any atom is -0.507 e. The van der Waals surface area contributed by atoms with E-state index in [-0.39, 0.29) is 5.41 Å². The summed E-state index contributed by atoms with van der Waals surface area (Å²) in [6.45, 7) is 6.82. The second-order valence-electron chi connectivity index (χ2n) is 12.5. The Balaban J connectivity index is 1.74. The summed E-state index contributed by atoms with van der Waals surface area (Å²) in [5.74, 6) is 1.18. The molecule has 4 aromatic rings. The molecule has 0 bridgehead atoms. The Morgan fingerprint density at radius 1 is 0.683 bits per heavy atom. The molecule has 0 aliphatic heterocycles. The molecule has 1 fully saturated rings. The van der Waals surface area contributed by atoms with Crippen LogP contribution in [0.15, 0.2) is 103 Å². The molecule has 0 radical (unpaired) electrons. The maximum absolute atomic E-state index is 12.4. The van der Waals surface area contributed by atoms with Crippen LogP contribution in [0.3, 0.4) is 0 Å². The van der Waals surface area contributed by atoms with Crippen molar-refractivity contribution in [1.29, 1.82) is 0 Å². The average molecular weight is 581 g/mol. The van der Waals surface area contributed by atoms with Crippen LogP contribution in [0.5, 0.6) is 5.75 Å². The van der Waals surface area contributed by atoms with E-state index in [1.54, 1.807) is 0 Å². The lowest BCUT2D eigenvalue weighted by Crippen LogP contribution is -2.32. The first-order valence-corrected chi connectivity index (χ1v) is 16.7. The molecular weight excluding hydrogens is 537 g/mol. The van der Waals surface area contributed by atoms with Gasteiger partial charge in [0.15, 0.2) is 0 Å². The molecule has 0 saturated heterocycles. The summed E-state index contributed by atoms with van der Waals surface area (Å²) in [4.78, 5) is 0. The molecule has 1 saturated carbocycles. The molecule has 0 aromatic heterocycles. The van der Waals surface area contributed by atoms with Crippen LogP contribution in [-0.4, -0.2) is 15.6 Å². The van der Waals surface area contributed by atoms with Gasteiger partial charge in [-0.3, -0.25) is 0 Å². The molecule has 1 aliphatic carbocycles. The van der Waals surface area contributed by atoms with E-state index in [9.17, 15) is 5.11 Å². The minimum atomic E-state index is -0.680. The van der Waals surface area contributed by atoms with E-state index >= 15 is 0 Å². The third-order valence-electron chi connectivity index (χ3n) is 8.70. The third-order valence-corrected chi connectivity index (χ3v) is 11.0. The van der Waals surface area contributed by atoms with E-state index in [1.807, 2.05) is 11.8 Å². The fourth-order valence-electron chi connectivity index (χ4n) is 6.38. The lowest BCUT2D eigenvalue weighted by Gasteiger charge is -2.38. The summed E-state index contributed by atoms with van der Waals surface area (Å²) < 4.78 is 0. The molecule has 0 amide bonds. The fourth-order valence-corrected chi connectivity index (χ4v) is 8.27. The Morgan fingerprint density at radius 3 is 1.66 bits per heavy atom. The number of rotatable bonds is 7. The Morgan fingerprint density at radius 2 is 1.17 bits per heavy atom. The molecule has 1 N–H and O–H groups in total. The molecule has 4 aromatic carbocycles. The lowest BCUT2D eigenvalue weighted by molar-refractivity contribution is 0.453. The molecule has 1 nitrogen and oxygen atoms in total. The first kappa shape index (κ1) is 29.9. The van der Waals surface area contributed by atoms with Crippen LogP contribution >= 0.6 is 24.4 Å². The molecule has 5 rings (SSSR count). The largest absolute Gasteiger partial charge is 0.507 e. The standard InChI is InChI=1S/C38H44OS2/c1-37(2,3)32-25-28(27-41-35-24-16-5-4-15-23-34(35)40)36(39)33(26-32)38(29-17-9-6-10-18-29,30-19-11-7-12-20-30)31-21-13-8-14-22-31/h6-14,17-22,25-26,34-35,39-40H,4-5,15-16,23-24,27H2,1-3H3/t34-,35-/m1/s1. The van der Waals surface area contributed by atoms with Crippen molar-refractivity contribution < 1.29 is 5.11 Å². The van der Waals surface area contributed by atoms with Crippen LogP contribution < -0.4 is 0 Å². The van der Waals surface area contributed by atoms with Gasteiger partial charge in [0.05, 0.1) is 5.41 Å². The zero-order valence-electron chi connectivity index (χ0n) is 24.7. The van der Waals surface area contributed by atoms with Gasteiger partial charge in [-0.25, -0.2) is 0 Å². The highest BCUT2D eigenvalue weighted by molar-refractivity contribution is 8.00. The van der Waals surface area contributed by atoms with E-state index in [4.69, 9.17) is 12.6 Å². The molecule has 0 spiro atoms. The summed E-state index contributed by atoms with van der Waals surface area (Å²) in [6.07, 6.45) is 7.57. The van der Waals surface area contributed by atoms with Crippen molar-refractivity contribution in [3.05, 3.63) is 137 Å². The van der Waals surface area contributed by atoms with Crippen LogP contribution in [0.25, 0.3) is 0 Å². The van der Waals surface area contributed by atoms with Gasteiger partial charge in [0.25, 0.3) is 0 Å². The predicted molar refractivity (Wildman–Crippen MR) is 181 cm³/mol. The van der Waals surface area contributed by atoms with Gasteiger partial charge in [0.1, 0.15) is 5.75 Å². The fraction of sp³-hybridized carbons (Fsp3) is 0.368. The third kappa shape index (κ3) is 6.42. The minimum absolute atomic E-state index is 0.0794. The van der Waals surface area contributed by atoms with Crippen molar-refractivity contribution in [2.45, 2.75) is 86.4 Å². The first-order valence-electron chi connectivity index (χ1n) is 15.1. The van der Waals surface area contributed by atoms with Gasteiger partial charge in [-0.15, -0.1) is 0 Å². The summed E-state index contributed by atoms with van der Waals surface area (Å²) in [5.41, 5.74) is 5.89. The maximum atomic E-state index is 12.4. The lowest BCUT2D eigenvalue weighted by atomic mass is 9.64. The van der Waals surface area contributed by atoms with Gasteiger partial charge in [0.2, 0.25) is 0 Å². The van der Waals surface area contributed by atoms with Crippen LogP contribution in [0.4, 0.5) is 0 Å². The Kier molecular flexibility index (Phi) is 9.56. The maximum Gasteiger partial charge on any atom is 0.124 e. The molecule has 41 heavy (non-hydrogen) atoms. The molecule has 2 atom stereocenters.